The van der Waals surface area contributed by atoms with E-state index in [2.05, 4.69) is 20.3 Å². The maximum absolute atomic E-state index is 12.8. The van der Waals surface area contributed by atoms with Crippen LogP contribution in [-0.4, -0.2) is 73.0 Å². The number of aliphatic carboxylic acids is 1. The fraction of sp³-hybridized carbons (Fsp3) is 0.211. The van der Waals surface area contributed by atoms with Crippen molar-refractivity contribution in [2.45, 2.75) is 11.4 Å². The van der Waals surface area contributed by atoms with Crippen LogP contribution in [0.4, 0.5) is 5.13 Å². The minimum atomic E-state index is -1.51. The number of β-lactam (4-membered cyclic amide) rings is 1. The molecular weight excluding hydrogens is 522 g/mol. The summed E-state index contributed by atoms with van der Waals surface area (Å²) in [6, 6.07) is 1.74. The molecule has 0 aliphatic carbocycles. The van der Waals surface area contributed by atoms with E-state index in [1.54, 1.807) is 0 Å². The largest absolute Gasteiger partial charge is 0.477 e. The lowest BCUT2D eigenvalue weighted by Crippen LogP contribution is -2.71. The van der Waals surface area contributed by atoms with Crippen molar-refractivity contribution >= 4 is 73.7 Å². The van der Waals surface area contributed by atoms with Crippen molar-refractivity contribution in [3.63, 3.8) is 0 Å². The lowest BCUT2D eigenvalue weighted by molar-refractivity contribution is -0.150. The van der Waals surface area contributed by atoms with Crippen molar-refractivity contribution < 1.29 is 38.3 Å². The van der Waals surface area contributed by atoms with E-state index < -0.39 is 45.1 Å². The van der Waals surface area contributed by atoms with Gasteiger partial charge in [0, 0.05) is 16.7 Å². The fourth-order valence-electron chi connectivity index (χ4n) is 3.24. The number of hydrogen-bond acceptors (Lipinski definition) is 13. The Morgan fingerprint density at radius 1 is 1.40 bits per heavy atom. The Labute approximate surface area is 208 Å². The molecule has 1 fully saturated rings. The number of carbonyl (C=O) groups is 5. The molecule has 1 saturated heterocycles. The molecule has 0 bridgehead atoms. The summed E-state index contributed by atoms with van der Waals surface area (Å²) in [5.74, 6) is -3.32. The van der Waals surface area contributed by atoms with Crippen LogP contribution in [0.3, 0.4) is 0 Å². The van der Waals surface area contributed by atoms with E-state index in [0.717, 1.165) is 16.2 Å². The number of amides is 2. The zero-order chi connectivity index (χ0) is 25.3. The first-order valence-electron chi connectivity index (χ1n) is 9.57. The average Bonchev–Trinajstić information content (AvgIpc) is 3.51. The number of rotatable bonds is 8. The van der Waals surface area contributed by atoms with Gasteiger partial charge in [0.25, 0.3) is 16.9 Å². The number of thioether (sulfide) groups is 2. The Kier molecular flexibility index (Phi) is 6.95. The molecule has 2 aromatic heterocycles. The summed E-state index contributed by atoms with van der Waals surface area (Å²) >= 11 is 2.41. The molecule has 13 nitrogen and oxygen atoms in total. The van der Waals surface area contributed by atoms with Crippen molar-refractivity contribution in [3.8, 4) is 0 Å². The van der Waals surface area contributed by atoms with E-state index in [1.165, 1.54) is 30.9 Å². The van der Waals surface area contributed by atoms with E-state index in [0.29, 0.717) is 23.5 Å². The highest BCUT2D eigenvalue weighted by molar-refractivity contribution is 8.16. The van der Waals surface area contributed by atoms with Crippen LogP contribution in [0.2, 0.25) is 0 Å². The third-order valence-corrected chi connectivity index (χ3v) is 7.52. The molecular formula is C19H15N5O8S3. The van der Waals surface area contributed by atoms with Gasteiger partial charge in [0.1, 0.15) is 29.9 Å². The van der Waals surface area contributed by atoms with Gasteiger partial charge in [0.15, 0.2) is 16.6 Å². The maximum atomic E-state index is 12.8. The van der Waals surface area contributed by atoms with Crippen molar-refractivity contribution in [3.05, 3.63) is 46.5 Å². The first kappa shape index (κ1) is 24.5. The van der Waals surface area contributed by atoms with Crippen molar-refractivity contribution in [2.75, 3.05) is 18.6 Å². The van der Waals surface area contributed by atoms with Crippen LogP contribution in [-0.2, 0) is 24.0 Å². The molecule has 16 heteroatoms. The third kappa shape index (κ3) is 4.67. The minimum absolute atomic E-state index is 0.0412. The van der Waals surface area contributed by atoms with E-state index in [9.17, 15) is 29.1 Å². The van der Waals surface area contributed by atoms with Gasteiger partial charge in [-0.3, -0.25) is 24.1 Å². The average molecular weight is 538 g/mol. The van der Waals surface area contributed by atoms with Crippen LogP contribution in [0.5, 0.6) is 0 Å². The van der Waals surface area contributed by atoms with Crippen LogP contribution in [0.1, 0.15) is 16.2 Å². The van der Waals surface area contributed by atoms with Crippen molar-refractivity contribution in [1.29, 1.82) is 0 Å². The minimum Gasteiger partial charge on any atom is -0.477 e. The summed E-state index contributed by atoms with van der Waals surface area (Å²) in [7, 11) is 1.22. The Morgan fingerprint density at radius 2 is 2.17 bits per heavy atom. The van der Waals surface area contributed by atoms with Crippen LogP contribution in [0.25, 0.3) is 0 Å². The Balaban J connectivity index is 1.52. The molecule has 35 heavy (non-hydrogen) atoms. The molecule has 0 spiro atoms. The summed E-state index contributed by atoms with van der Waals surface area (Å²) in [5, 5.41) is 15.3. The summed E-state index contributed by atoms with van der Waals surface area (Å²) in [5.41, 5.74) is 4.72. The number of oxime groups is 1. The first-order chi connectivity index (χ1) is 16.7. The highest BCUT2D eigenvalue weighted by Crippen LogP contribution is 2.42. The molecule has 2 aliphatic rings. The quantitative estimate of drug-likeness (QED) is 0.240. The van der Waals surface area contributed by atoms with E-state index >= 15 is 0 Å². The summed E-state index contributed by atoms with van der Waals surface area (Å²) in [4.78, 5) is 72.1. The number of thiazole rings is 1. The number of nitrogen functional groups attached to an aromatic ring is 1. The number of nitrogens with one attached hydrogen (secondary N) is 1. The predicted molar refractivity (Wildman–Crippen MR) is 125 cm³/mol. The van der Waals surface area contributed by atoms with Crippen molar-refractivity contribution in [2.24, 2.45) is 5.16 Å². The van der Waals surface area contributed by atoms with Gasteiger partial charge >= 0.3 is 5.97 Å². The molecule has 2 amide bonds. The number of aromatic nitrogens is 1. The van der Waals surface area contributed by atoms with Crippen LogP contribution in [0, 0.1) is 0 Å². The molecule has 0 saturated carbocycles. The van der Waals surface area contributed by atoms with E-state index in [4.69, 9.17) is 10.2 Å². The topological polar surface area (TPSA) is 194 Å². The second-order valence-corrected chi connectivity index (χ2v) is 9.76. The lowest BCUT2D eigenvalue weighted by atomic mass is 10.0. The Bertz CT molecular complexity index is 1290. The SMILES string of the molecule is CO/N=C(\C(=O)N[C@@H]1C(=O)N2C(C(=O)O)=C(CSC(=O)c3ccco3)C(=O)S[C@H]12)c1csc(N)n1. The standard InChI is InChI=1S/C19H15N5O8S3/c1-31-23-10(8-6-34-19(20)21-8)13(25)22-11-14(26)24-12(16(27)28)7(17(29)35-15(11)24)5-33-18(30)9-3-2-4-32-9/h2-4,6,11,15H,5H2,1H3,(H2,20,21)(H,22,25)(H,27,28)/b23-10-/t11-,15-/m1/s1. The number of carbonyl (C=O) groups excluding carboxylic acids is 4. The number of nitrogens with two attached hydrogens (primary N) is 1. The lowest BCUT2D eigenvalue weighted by Gasteiger charge is -2.48. The zero-order valence-corrected chi connectivity index (χ0v) is 20.1. The molecule has 182 valence electrons. The Morgan fingerprint density at radius 3 is 2.77 bits per heavy atom. The monoisotopic (exact) mass is 537 g/mol. The van der Waals surface area contributed by atoms with Gasteiger partial charge in [-0.15, -0.1) is 11.3 Å². The Hall–Kier alpha value is -3.63. The predicted octanol–water partition coefficient (Wildman–Crippen LogP) is 0.508. The van der Waals surface area contributed by atoms with Gasteiger partial charge < -0.3 is 25.4 Å². The van der Waals surface area contributed by atoms with Gasteiger partial charge in [-0.05, 0) is 12.1 Å². The number of carboxylic acid groups (broad SMARTS) is 1. The van der Waals surface area contributed by atoms with Gasteiger partial charge in [-0.2, -0.15) is 0 Å². The number of anilines is 1. The second-order valence-electron chi connectivity index (χ2n) is 6.83. The first-order valence-corrected chi connectivity index (χ1v) is 12.3. The van der Waals surface area contributed by atoms with Crippen molar-refractivity contribution in [1.82, 2.24) is 15.2 Å². The molecule has 0 radical (unpaired) electrons. The van der Waals surface area contributed by atoms with Gasteiger partial charge in [0.2, 0.25) is 5.12 Å². The fourth-order valence-corrected chi connectivity index (χ4v) is 5.85. The van der Waals surface area contributed by atoms with Crippen LogP contribution in [0.15, 0.2) is 44.6 Å². The molecule has 0 unspecified atom stereocenters. The maximum Gasteiger partial charge on any atom is 0.353 e. The smallest absolute Gasteiger partial charge is 0.353 e. The summed E-state index contributed by atoms with van der Waals surface area (Å²) in [6.07, 6.45) is 1.31. The van der Waals surface area contributed by atoms with Gasteiger partial charge in [-0.25, -0.2) is 9.78 Å². The van der Waals surface area contributed by atoms with Crippen LogP contribution >= 0.6 is 34.9 Å². The zero-order valence-electron chi connectivity index (χ0n) is 17.6. The van der Waals surface area contributed by atoms with Gasteiger partial charge in [0.05, 0.1) is 6.26 Å². The van der Waals surface area contributed by atoms with Crippen LogP contribution < -0.4 is 11.1 Å². The highest BCUT2D eigenvalue weighted by Gasteiger charge is 2.56. The molecule has 4 heterocycles. The summed E-state index contributed by atoms with van der Waals surface area (Å²) < 4.78 is 5.00. The van der Waals surface area contributed by atoms with E-state index in [-0.39, 0.29) is 33.6 Å². The molecule has 2 atom stereocenters. The molecule has 2 aromatic rings. The number of hydrogen-bond donors (Lipinski definition) is 3. The number of nitrogens with zero attached hydrogens (tertiary/aromatic N) is 3. The molecule has 4 rings (SSSR count). The second kappa shape index (κ2) is 9.93. The molecule has 0 aromatic carbocycles. The number of carboxylic acids is 1. The van der Waals surface area contributed by atoms with E-state index in [1.807, 2.05) is 0 Å². The summed E-state index contributed by atoms with van der Waals surface area (Å²) in [6.45, 7) is 0. The normalized spacial score (nSPS) is 19.8. The molecule has 2 aliphatic heterocycles. The number of fused-ring (bicyclic) bond motifs is 1. The highest BCUT2D eigenvalue weighted by atomic mass is 32.2. The number of furan rings is 1. The molecule has 4 N–H and O–H groups in total. The third-order valence-electron chi connectivity index (χ3n) is 4.77. The van der Waals surface area contributed by atoms with Gasteiger partial charge in [-0.1, -0.05) is 28.7 Å².